The summed E-state index contributed by atoms with van der Waals surface area (Å²) in [6, 6.07) is 6.21. The highest BCUT2D eigenvalue weighted by atomic mass is 16.2. The summed E-state index contributed by atoms with van der Waals surface area (Å²) in [7, 11) is 0. The number of carbonyl (C=O) groups is 1. The number of likely N-dealkylation sites (tertiary alicyclic amines) is 1. The third-order valence-electron chi connectivity index (χ3n) is 5.16. The third kappa shape index (κ3) is 3.33. The van der Waals surface area contributed by atoms with Crippen LogP contribution in [0.25, 0.3) is 0 Å². The number of nitrogens with one attached hydrogen (secondary N) is 2. The topological polar surface area (TPSA) is 44.4 Å². The maximum absolute atomic E-state index is 12.4. The van der Waals surface area contributed by atoms with Crippen molar-refractivity contribution < 1.29 is 4.79 Å². The third-order valence-corrected chi connectivity index (χ3v) is 5.16. The van der Waals surface area contributed by atoms with Crippen molar-refractivity contribution in [1.29, 1.82) is 0 Å². The van der Waals surface area contributed by atoms with E-state index in [4.69, 9.17) is 0 Å². The number of aryl methyl sites for hydroxylation is 2. The Morgan fingerprint density at radius 1 is 1.36 bits per heavy atom. The molecule has 2 fully saturated rings. The molecule has 120 valence electrons. The number of fused-ring (bicyclic) bond motifs is 1. The number of carbonyl (C=O) groups excluding carboxylic acids is 1. The van der Waals surface area contributed by atoms with E-state index in [1.165, 1.54) is 12.0 Å². The molecule has 22 heavy (non-hydrogen) atoms. The maximum atomic E-state index is 12.4. The van der Waals surface area contributed by atoms with Gasteiger partial charge in [-0.25, -0.2) is 0 Å². The first-order chi connectivity index (χ1) is 10.7. The second-order valence-corrected chi connectivity index (χ2v) is 6.71. The number of rotatable bonds is 4. The van der Waals surface area contributed by atoms with Gasteiger partial charge in [-0.1, -0.05) is 25.1 Å². The van der Waals surface area contributed by atoms with Crippen LogP contribution in [0.1, 0.15) is 24.5 Å². The zero-order valence-electron chi connectivity index (χ0n) is 13.7. The van der Waals surface area contributed by atoms with E-state index in [9.17, 15) is 4.79 Å². The summed E-state index contributed by atoms with van der Waals surface area (Å²) in [5.74, 6) is 1.67. The summed E-state index contributed by atoms with van der Waals surface area (Å²) in [5, 5.41) is 6.61. The average Bonchev–Trinajstić information content (AvgIpc) is 2.97. The molecule has 2 aliphatic heterocycles. The van der Waals surface area contributed by atoms with E-state index in [-0.39, 0.29) is 5.91 Å². The Hall–Kier alpha value is -1.39. The minimum atomic E-state index is 0.119. The number of para-hydroxylation sites is 1. The number of anilines is 1. The number of hydrogen-bond acceptors (Lipinski definition) is 3. The van der Waals surface area contributed by atoms with Gasteiger partial charge in [0.2, 0.25) is 5.91 Å². The fraction of sp³-hybridized carbons (Fsp3) is 0.611. The van der Waals surface area contributed by atoms with E-state index in [1.54, 1.807) is 0 Å². The Bertz CT molecular complexity index is 543. The summed E-state index contributed by atoms with van der Waals surface area (Å²) in [5.41, 5.74) is 3.37. The van der Waals surface area contributed by atoms with Crippen molar-refractivity contribution in [2.24, 2.45) is 11.8 Å². The second-order valence-electron chi connectivity index (χ2n) is 6.71. The van der Waals surface area contributed by atoms with Gasteiger partial charge in [-0.3, -0.25) is 9.69 Å². The van der Waals surface area contributed by atoms with E-state index < -0.39 is 0 Å². The van der Waals surface area contributed by atoms with Crippen LogP contribution in [0.5, 0.6) is 0 Å². The first-order valence-electron chi connectivity index (χ1n) is 8.48. The van der Waals surface area contributed by atoms with Gasteiger partial charge in [0, 0.05) is 12.2 Å². The van der Waals surface area contributed by atoms with Crippen molar-refractivity contribution in [3.05, 3.63) is 29.3 Å². The smallest absolute Gasteiger partial charge is 0.238 e. The van der Waals surface area contributed by atoms with Crippen LogP contribution < -0.4 is 10.6 Å². The van der Waals surface area contributed by atoms with E-state index in [0.29, 0.717) is 6.54 Å². The molecule has 1 aromatic rings. The lowest BCUT2D eigenvalue weighted by Gasteiger charge is -2.34. The number of benzene rings is 1. The van der Waals surface area contributed by atoms with Crippen molar-refractivity contribution in [2.45, 2.75) is 26.7 Å². The Kier molecular flexibility index (Phi) is 4.79. The van der Waals surface area contributed by atoms with E-state index in [1.807, 2.05) is 0 Å². The van der Waals surface area contributed by atoms with Crippen LogP contribution in [0.15, 0.2) is 18.2 Å². The van der Waals surface area contributed by atoms with Crippen LogP contribution in [-0.2, 0) is 11.2 Å². The van der Waals surface area contributed by atoms with Gasteiger partial charge in [0.25, 0.3) is 0 Å². The van der Waals surface area contributed by atoms with Crippen LogP contribution in [-0.4, -0.2) is 43.5 Å². The summed E-state index contributed by atoms with van der Waals surface area (Å²) >= 11 is 0. The standard InChI is InChI=1S/C18H27N3O/c1-3-14-6-4-5-13(2)18(14)20-17(22)12-21-8-7-15-9-19-10-16(15)11-21/h4-6,15-16,19H,3,7-12H2,1-2H3,(H,20,22). The van der Waals surface area contributed by atoms with Gasteiger partial charge in [0.15, 0.2) is 0 Å². The van der Waals surface area contributed by atoms with Crippen molar-refractivity contribution in [3.8, 4) is 0 Å². The van der Waals surface area contributed by atoms with Gasteiger partial charge >= 0.3 is 0 Å². The van der Waals surface area contributed by atoms with Gasteiger partial charge in [0.1, 0.15) is 0 Å². The molecule has 0 aliphatic carbocycles. The Balaban J connectivity index is 1.59. The number of nitrogens with zero attached hydrogens (tertiary/aromatic N) is 1. The molecule has 3 rings (SSSR count). The molecule has 4 heteroatoms. The van der Waals surface area contributed by atoms with Gasteiger partial charge in [-0.15, -0.1) is 0 Å². The molecule has 0 aromatic heterocycles. The first kappa shape index (κ1) is 15.5. The highest BCUT2D eigenvalue weighted by molar-refractivity contribution is 5.93. The minimum Gasteiger partial charge on any atom is -0.324 e. The Morgan fingerprint density at radius 3 is 3.00 bits per heavy atom. The van der Waals surface area contributed by atoms with Crippen molar-refractivity contribution >= 4 is 11.6 Å². The van der Waals surface area contributed by atoms with E-state index >= 15 is 0 Å². The zero-order valence-corrected chi connectivity index (χ0v) is 13.7. The van der Waals surface area contributed by atoms with Crippen LogP contribution in [0.3, 0.4) is 0 Å². The average molecular weight is 301 g/mol. The molecule has 2 saturated heterocycles. The molecule has 2 atom stereocenters. The fourth-order valence-corrected chi connectivity index (χ4v) is 3.84. The molecule has 2 heterocycles. The molecule has 1 amide bonds. The summed E-state index contributed by atoms with van der Waals surface area (Å²) in [6.07, 6.45) is 2.16. The highest BCUT2D eigenvalue weighted by Crippen LogP contribution is 2.26. The minimum absolute atomic E-state index is 0.119. The molecule has 0 spiro atoms. The molecule has 0 saturated carbocycles. The van der Waals surface area contributed by atoms with Crippen molar-refractivity contribution in [3.63, 3.8) is 0 Å². The van der Waals surface area contributed by atoms with Gasteiger partial charge < -0.3 is 10.6 Å². The SMILES string of the molecule is CCc1cccc(C)c1NC(=O)CN1CCC2CNCC2C1. The number of amides is 1. The van der Waals surface area contributed by atoms with Gasteiger partial charge in [0.05, 0.1) is 6.54 Å². The molecule has 2 unspecified atom stereocenters. The number of hydrogen-bond donors (Lipinski definition) is 2. The summed E-state index contributed by atoms with van der Waals surface area (Å²) in [4.78, 5) is 14.7. The molecular formula is C18H27N3O. The van der Waals surface area contributed by atoms with Gasteiger partial charge in [-0.2, -0.15) is 0 Å². The summed E-state index contributed by atoms with van der Waals surface area (Å²) in [6.45, 7) is 9.08. The quantitative estimate of drug-likeness (QED) is 0.894. The lowest BCUT2D eigenvalue weighted by molar-refractivity contribution is -0.117. The molecule has 2 N–H and O–H groups in total. The fourth-order valence-electron chi connectivity index (χ4n) is 3.84. The van der Waals surface area contributed by atoms with Crippen LogP contribution in [0.4, 0.5) is 5.69 Å². The zero-order chi connectivity index (χ0) is 15.5. The first-order valence-corrected chi connectivity index (χ1v) is 8.48. The molecule has 1 aromatic carbocycles. The summed E-state index contributed by atoms with van der Waals surface area (Å²) < 4.78 is 0. The van der Waals surface area contributed by atoms with Gasteiger partial charge in [-0.05, 0) is 62.4 Å². The van der Waals surface area contributed by atoms with Crippen LogP contribution >= 0.6 is 0 Å². The highest BCUT2D eigenvalue weighted by Gasteiger charge is 2.33. The Labute approximate surface area is 133 Å². The van der Waals surface area contributed by atoms with Crippen molar-refractivity contribution in [1.82, 2.24) is 10.2 Å². The largest absolute Gasteiger partial charge is 0.324 e. The van der Waals surface area contributed by atoms with E-state index in [2.05, 4.69) is 47.6 Å². The lowest BCUT2D eigenvalue weighted by atomic mass is 9.89. The maximum Gasteiger partial charge on any atom is 0.238 e. The predicted molar refractivity (Wildman–Crippen MR) is 90.1 cm³/mol. The van der Waals surface area contributed by atoms with E-state index in [0.717, 1.165) is 55.7 Å². The predicted octanol–water partition coefficient (Wildman–Crippen LogP) is 2.04. The van der Waals surface area contributed by atoms with Crippen LogP contribution in [0, 0.1) is 18.8 Å². The second kappa shape index (κ2) is 6.80. The van der Waals surface area contributed by atoms with Crippen LogP contribution in [0.2, 0.25) is 0 Å². The molecular weight excluding hydrogens is 274 g/mol. The Morgan fingerprint density at radius 2 is 2.18 bits per heavy atom. The van der Waals surface area contributed by atoms with Crippen molar-refractivity contribution in [2.75, 3.05) is 38.0 Å². The molecule has 2 aliphatic rings. The lowest BCUT2D eigenvalue weighted by Crippen LogP contribution is -2.43. The molecule has 0 bridgehead atoms. The normalized spacial score (nSPS) is 25.0. The molecule has 4 nitrogen and oxygen atoms in total. The molecule has 0 radical (unpaired) electrons. The number of piperidine rings is 1. The monoisotopic (exact) mass is 301 g/mol.